The van der Waals surface area contributed by atoms with Gasteiger partial charge in [0.15, 0.2) is 5.76 Å². The van der Waals surface area contributed by atoms with E-state index in [-0.39, 0.29) is 0 Å². The molecule has 2 aromatic rings. The minimum absolute atomic E-state index is 0.420. The number of hydrazone groups is 1. The van der Waals surface area contributed by atoms with E-state index in [2.05, 4.69) is 31.8 Å². The van der Waals surface area contributed by atoms with Gasteiger partial charge in [-0.3, -0.25) is 0 Å². The van der Waals surface area contributed by atoms with Crippen LogP contribution in [-0.4, -0.2) is 26.3 Å². The van der Waals surface area contributed by atoms with Crippen molar-refractivity contribution in [3.8, 4) is 0 Å². The lowest BCUT2D eigenvalue weighted by Gasteiger charge is -2.07. The largest absolute Gasteiger partial charge is 0.438 e. The van der Waals surface area contributed by atoms with Crippen molar-refractivity contribution in [2.45, 2.75) is 0 Å². The summed E-state index contributed by atoms with van der Waals surface area (Å²) in [6.45, 7) is 0. The first kappa shape index (κ1) is 15.1. The molecular formula is C14H15BrN4O2. The first-order chi connectivity index (χ1) is 10.1. The van der Waals surface area contributed by atoms with Crippen molar-refractivity contribution >= 4 is 39.7 Å². The van der Waals surface area contributed by atoms with Crippen LogP contribution in [0.3, 0.4) is 0 Å². The molecule has 1 aromatic carbocycles. The lowest BCUT2D eigenvalue weighted by molar-refractivity contribution is 0.252. The fourth-order valence-corrected chi connectivity index (χ4v) is 2.24. The van der Waals surface area contributed by atoms with Gasteiger partial charge in [-0.15, -0.1) is 0 Å². The summed E-state index contributed by atoms with van der Waals surface area (Å²) in [5.41, 5.74) is 3.06. The SMILES string of the molecule is CN(C)c1oc(/C=N/NC(=O)Nc2ccccc2)cc1Br. The zero-order valence-corrected chi connectivity index (χ0v) is 13.2. The number of nitrogens with zero attached hydrogens (tertiary/aromatic N) is 2. The first-order valence-electron chi connectivity index (χ1n) is 6.18. The number of hydrogen-bond acceptors (Lipinski definition) is 4. The Morgan fingerprint density at radius 3 is 2.67 bits per heavy atom. The van der Waals surface area contributed by atoms with Crippen LogP contribution in [0.1, 0.15) is 5.76 Å². The van der Waals surface area contributed by atoms with Gasteiger partial charge in [0.05, 0.1) is 10.7 Å². The van der Waals surface area contributed by atoms with E-state index in [1.165, 1.54) is 6.21 Å². The predicted octanol–water partition coefficient (Wildman–Crippen LogP) is 3.26. The van der Waals surface area contributed by atoms with Crippen LogP contribution in [0.5, 0.6) is 0 Å². The number of nitrogens with one attached hydrogen (secondary N) is 2. The monoisotopic (exact) mass is 350 g/mol. The van der Waals surface area contributed by atoms with Crippen molar-refractivity contribution in [2.24, 2.45) is 5.10 Å². The van der Waals surface area contributed by atoms with Gasteiger partial charge in [0, 0.05) is 25.8 Å². The predicted molar refractivity (Wildman–Crippen MR) is 86.9 cm³/mol. The van der Waals surface area contributed by atoms with Crippen LogP contribution >= 0.6 is 15.9 Å². The van der Waals surface area contributed by atoms with E-state index in [1.807, 2.05) is 37.2 Å². The number of furan rings is 1. The second kappa shape index (κ2) is 6.94. The molecule has 21 heavy (non-hydrogen) atoms. The van der Waals surface area contributed by atoms with Crippen molar-refractivity contribution in [3.63, 3.8) is 0 Å². The molecule has 1 aromatic heterocycles. The molecule has 7 heteroatoms. The average molecular weight is 351 g/mol. The summed E-state index contributed by atoms with van der Waals surface area (Å²) in [4.78, 5) is 13.4. The molecule has 110 valence electrons. The quantitative estimate of drug-likeness (QED) is 0.656. The summed E-state index contributed by atoms with van der Waals surface area (Å²) in [5, 5.41) is 6.48. The van der Waals surface area contributed by atoms with Crippen LogP contribution in [0.15, 0.2) is 50.4 Å². The number of carbonyl (C=O) groups excluding carboxylic acids is 1. The molecule has 2 rings (SSSR count). The fourth-order valence-electron chi connectivity index (χ4n) is 1.58. The average Bonchev–Trinajstić information content (AvgIpc) is 2.81. The van der Waals surface area contributed by atoms with Gasteiger partial charge in [-0.05, 0) is 28.1 Å². The first-order valence-corrected chi connectivity index (χ1v) is 6.97. The Labute approximate surface area is 130 Å². The summed E-state index contributed by atoms with van der Waals surface area (Å²) in [5.74, 6) is 1.22. The fraction of sp³-hybridized carbons (Fsp3) is 0.143. The van der Waals surface area contributed by atoms with E-state index in [0.717, 1.165) is 4.47 Å². The third-order valence-corrected chi connectivity index (χ3v) is 3.05. The van der Waals surface area contributed by atoms with Gasteiger partial charge in [0.2, 0.25) is 5.88 Å². The summed E-state index contributed by atoms with van der Waals surface area (Å²) in [6.07, 6.45) is 1.43. The number of carbonyl (C=O) groups is 1. The van der Waals surface area contributed by atoms with Crippen molar-refractivity contribution in [1.82, 2.24) is 5.43 Å². The topological polar surface area (TPSA) is 69.9 Å². The van der Waals surface area contributed by atoms with Gasteiger partial charge < -0.3 is 14.6 Å². The molecular weight excluding hydrogens is 336 g/mol. The van der Waals surface area contributed by atoms with E-state index in [9.17, 15) is 4.79 Å². The lowest BCUT2D eigenvalue weighted by Crippen LogP contribution is -2.24. The molecule has 0 fully saturated rings. The molecule has 0 saturated carbocycles. The second-order valence-corrected chi connectivity index (χ2v) is 5.24. The van der Waals surface area contributed by atoms with Crippen molar-refractivity contribution in [3.05, 3.63) is 46.6 Å². The molecule has 0 bridgehead atoms. The van der Waals surface area contributed by atoms with Crippen LogP contribution in [0.2, 0.25) is 0 Å². The smallest absolute Gasteiger partial charge is 0.339 e. The van der Waals surface area contributed by atoms with Crippen LogP contribution in [0, 0.1) is 0 Å². The van der Waals surface area contributed by atoms with E-state index >= 15 is 0 Å². The summed E-state index contributed by atoms with van der Waals surface area (Å²) in [6, 6.07) is 10.5. The van der Waals surface area contributed by atoms with Gasteiger partial charge in [-0.25, -0.2) is 10.2 Å². The van der Waals surface area contributed by atoms with Crippen molar-refractivity contribution in [2.75, 3.05) is 24.3 Å². The molecule has 0 aliphatic rings. The number of halogens is 1. The van der Waals surface area contributed by atoms with Gasteiger partial charge in [0.25, 0.3) is 0 Å². The standard InChI is InChI=1S/C14H15BrN4O2/c1-19(2)13-12(15)8-11(21-13)9-16-18-14(20)17-10-6-4-3-5-7-10/h3-9H,1-2H3,(H2,17,18,20)/b16-9+. The molecule has 0 atom stereocenters. The van der Waals surface area contributed by atoms with Gasteiger partial charge in [0.1, 0.15) is 0 Å². The van der Waals surface area contributed by atoms with E-state index in [0.29, 0.717) is 17.3 Å². The number of anilines is 2. The van der Waals surface area contributed by atoms with Gasteiger partial charge in [-0.2, -0.15) is 5.10 Å². The Kier molecular flexibility index (Phi) is 4.99. The number of rotatable bonds is 4. The molecule has 0 spiro atoms. The highest BCUT2D eigenvalue weighted by molar-refractivity contribution is 9.10. The number of urea groups is 1. The normalized spacial score (nSPS) is 10.6. The molecule has 0 saturated heterocycles. The number of amides is 2. The molecule has 2 N–H and O–H groups in total. The van der Waals surface area contributed by atoms with Crippen LogP contribution < -0.4 is 15.6 Å². The number of hydrogen-bond donors (Lipinski definition) is 2. The Bertz CT molecular complexity index is 638. The molecule has 0 aliphatic heterocycles. The highest BCUT2D eigenvalue weighted by Gasteiger charge is 2.09. The number of benzene rings is 1. The van der Waals surface area contributed by atoms with Crippen molar-refractivity contribution < 1.29 is 9.21 Å². The highest BCUT2D eigenvalue weighted by atomic mass is 79.9. The zero-order chi connectivity index (χ0) is 15.2. The summed E-state index contributed by atoms with van der Waals surface area (Å²) < 4.78 is 6.36. The van der Waals surface area contributed by atoms with Crippen molar-refractivity contribution in [1.29, 1.82) is 0 Å². The zero-order valence-electron chi connectivity index (χ0n) is 11.6. The lowest BCUT2D eigenvalue weighted by atomic mass is 10.3. The molecule has 0 radical (unpaired) electrons. The van der Waals surface area contributed by atoms with Crippen LogP contribution in [0.25, 0.3) is 0 Å². The number of para-hydroxylation sites is 1. The minimum atomic E-state index is -0.420. The summed E-state index contributed by atoms with van der Waals surface area (Å²) in [7, 11) is 3.74. The van der Waals surface area contributed by atoms with E-state index in [1.54, 1.807) is 18.2 Å². The highest BCUT2D eigenvalue weighted by Crippen LogP contribution is 2.27. The van der Waals surface area contributed by atoms with Gasteiger partial charge >= 0.3 is 6.03 Å². The molecule has 0 unspecified atom stereocenters. The van der Waals surface area contributed by atoms with E-state index in [4.69, 9.17) is 4.42 Å². The molecule has 6 nitrogen and oxygen atoms in total. The maximum absolute atomic E-state index is 11.6. The third kappa shape index (κ3) is 4.35. The second-order valence-electron chi connectivity index (χ2n) is 4.39. The third-order valence-electron chi connectivity index (χ3n) is 2.48. The minimum Gasteiger partial charge on any atom is -0.438 e. The Hall–Kier alpha value is -2.28. The van der Waals surface area contributed by atoms with Gasteiger partial charge in [-0.1, -0.05) is 18.2 Å². The summed E-state index contributed by atoms with van der Waals surface area (Å²) >= 11 is 3.39. The molecule has 1 heterocycles. The Morgan fingerprint density at radius 1 is 1.33 bits per heavy atom. The Balaban J connectivity index is 1.90. The van der Waals surface area contributed by atoms with Crippen LogP contribution in [0.4, 0.5) is 16.4 Å². The Morgan fingerprint density at radius 2 is 2.05 bits per heavy atom. The van der Waals surface area contributed by atoms with E-state index < -0.39 is 6.03 Å². The maximum atomic E-state index is 11.6. The molecule has 2 amide bonds. The maximum Gasteiger partial charge on any atom is 0.339 e. The molecule has 0 aliphatic carbocycles. The van der Waals surface area contributed by atoms with Crippen LogP contribution in [-0.2, 0) is 0 Å².